The summed E-state index contributed by atoms with van der Waals surface area (Å²) in [6.07, 6.45) is 6.28. The average molecular weight is 344 g/mol. The molecule has 0 radical (unpaired) electrons. The molecule has 0 fully saturated rings. The molecule has 108 valence electrons. The van der Waals surface area contributed by atoms with Crippen molar-refractivity contribution in [3.63, 3.8) is 0 Å². The van der Waals surface area contributed by atoms with Crippen LogP contribution in [0, 0.1) is 12.3 Å². The third-order valence-corrected chi connectivity index (χ3v) is 3.64. The summed E-state index contributed by atoms with van der Waals surface area (Å²) in [6.45, 7) is 3.12. The largest absolute Gasteiger partial charge is 0.481 e. The normalized spacial score (nSPS) is 9.95. The first-order chi connectivity index (χ1) is 10.2. The summed E-state index contributed by atoms with van der Waals surface area (Å²) in [4.78, 5) is 0. The second-order valence-electron chi connectivity index (χ2n) is 4.65. The minimum Gasteiger partial charge on any atom is -0.481 e. The number of ether oxygens (including phenoxy) is 1. The van der Waals surface area contributed by atoms with E-state index < -0.39 is 0 Å². The standard InChI is InChI=1S/C18H18BrNO/c1-3-10-21-18-9-8-16(19)12-15(18)13-20-17-7-5-6-14(4-2)11-17/h1,5-9,11-12,20H,4,10,13H2,2H3. The average Bonchev–Trinajstić information content (AvgIpc) is 2.52. The number of rotatable bonds is 6. The fourth-order valence-electron chi connectivity index (χ4n) is 2.04. The Balaban J connectivity index is 2.11. The highest BCUT2D eigenvalue weighted by molar-refractivity contribution is 9.10. The fourth-order valence-corrected chi connectivity index (χ4v) is 2.45. The van der Waals surface area contributed by atoms with Gasteiger partial charge in [0.25, 0.3) is 0 Å². The van der Waals surface area contributed by atoms with Crippen LogP contribution < -0.4 is 10.1 Å². The molecule has 2 rings (SSSR count). The van der Waals surface area contributed by atoms with Gasteiger partial charge in [0.2, 0.25) is 0 Å². The smallest absolute Gasteiger partial charge is 0.148 e. The van der Waals surface area contributed by atoms with Gasteiger partial charge in [0, 0.05) is 22.3 Å². The van der Waals surface area contributed by atoms with Gasteiger partial charge in [0.05, 0.1) is 0 Å². The molecule has 0 aliphatic rings. The SMILES string of the molecule is C#CCOc1ccc(Br)cc1CNc1cccc(CC)c1. The van der Waals surface area contributed by atoms with E-state index in [-0.39, 0.29) is 6.61 Å². The van der Waals surface area contributed by atoms with Crippen molar-refractivity contribution in [1.82, 2.24) is 0 Å². The van der Waals surface area contributed by atoms with Crippen molar-refractivity contribution >= 4 is 21.6 Å². The molecule has 0 amide bonds. The van der Waals surface area contributed by atoms with Crippen molar-refractivity contribution in [3.05, 3.63) is 58.1 Å². The van der Waals surface area contributed by atoms with Gasteiger partial charge in [-0.15, -0.1) is 6.42 Å². The van der Waals surface area contributed by atoms with Gasteiger partial charge in [-0.05, 0) is 42.3 Å². The molecule has 21 heavy (non-hydrogen) atoms. The molecule has 0 heterocycles. The Labute approximate surface area is 134 Å². The van der Waals surface area contributed by atoms with Gasteiger partial charge in [0.1, 0.15) is 12.4 Å². The van der Waals surface area contributed by atoms with E-state index in [0.717, 1.165) is 27.9 Å². The third kappa shape index (κ3) is 4.54. The van der Waals surface area contributed by atoms with Crippen LogP contribution in [0.5, 0.6) is 5.75 Å². The van der Waals surface area contributed by atoms with E-state index in [0.29, 0.717) is 6.54 Å². The zero-order chi connectivity index (χ0) is 15.1. The van der Waals surface area contributed by atoms with E-state index in [4.69, 9.17) is 11.2 Å². The maximum atomic E-state index is 5.58. The molecule has 2 nitrogen and oxygen atoms in total. The van der Waals surface area contributed by atoms with Crippen LogP contribution in [-0.4, -0.2) is 6.61 Å². The van der Waals surface area contributed by atoms with Gasteiger partial charge in [-0.1, -0.05) is 40.9 Å². The Morgan fingerprint density at radius 2 is 2.10 bits per heavy atom. The van der Waals surface area contributed by atoms with Gasteiger partial charge >= 0.3 is 0 Å². The third-order valence-electron chi connectivity index (χ3n) is 3.15. The molecule has 0 atom stereocenters. The van der Waals surface area contributed by atoms with Crippen LogP contribution in [-0.2, 0) is 13.0 Å². The van der Waals surface area contributed by atoms with Gasteiger partial charge in [-0.2, -0.15) is 0 Å². The second-order valence-corrected chi connectivity index (χ2v) is 5.57. The number of nitrogens with one attached hydrogen (secondary N) is 1. The van der Waals surface area contributed by atoms with Crippen LogP contribution in [0.4, 0.5) is 5.69 Å². The number of anilines is 1. The summed E-state index contributed by atoms with van der Waals surface area (Å²) < 4.78 is 6.60. The molecule has 0 saturated carbocycles. The highest BCUT2D eigenvalue weighted by Crippen LogP contribution is 2.24. The van der Waals surface area contributed by atoms with Crippen molar-refractivity contribution in [2.24, 2.45) is 0 Å². The molecular weight excluding hydrogens is 326 g/mol. The number of halogens is 1. The van der Waals surface area contributed by atoms with Crippen LogP contribution in [0.15, 0.2) is 46.9 Å². The molecule has 0 aliphatic carbocycles. The zero-order valence-corrected chi connectivity index (χ0v) is 13.6. The van der Waals surface area contributed by atoms with Crippen molar-refractivity contribution in [2.75, 3.05) is 11.9 Å². The summed E-state index contributed by atoms with van der Waals surface area (Å²) in [6, 6.07) is 14.4. The van der Waals surface area contributed by atoms with Crippen LogP contribution in [0.1, 0.15) is 18.1 Å². The zero-order valence-electron chi connectivity index (χ0n) is 12.0. The van der Waals surface area contributed by atoms with Crippen molar-refractivity contribution in [1.29, 1.82) is 0 Å². The molecule has 0 aromatic heterocycles. The lowest BCUT2D eigenvalue weighted by Gasteiger charge is -2.12. The first-order valence-corrected chi connectivity index (χ1v) is 7.69. The number of hydrogen-bond acceptors (Lipinski definition) is 2. The highest BCUT2D eigenvalue weighted by atomic mass is 79.9. The van der Waals surface area contributed by atoms with E-state index in [1.165, 1.54) is 5.56 Å². The number of terminal acetylenes is 1. The minimum absolute atomic E-state index is 0.278. The van der Waals surface area contributed by atoms with Crippen molar-refractivity contribution in [2.45, 2.75) is 19.9 Å². The molecule has 3 heteroatoms. The van der Waals surface area contributed by atoms with Gasteiger partial charge in [-0.3, -0.25) is 0 Å². The van der Waals surface area contributed by atoms with Crippen LogP contribution in [0.2, 0.25) is 0 Å². The van der Waals surface area contributed by atoms with Crippen LogP contribution in [0.3, 0.4) is 0 Å². The predicted molar refractivity (Wildman–Crippen MR) is 91.6 cm³/mol. The molecule has 0 saturated heterocycles. The number of benzene rings is 2. The molecule has 2 aromatic rings. The first kappa shape index (κ1) is 15.5. The Morgan fingerprint density at radius 1 is 1.24 bits per heavy atom. The van der Waals surface area contributed by atoms with Gasteiger partial charge < -0.3 is 10.1 Å². The van der Waals surface area contributed by atoms with E-state index >= 15 is 0 Å². The fraction of sp³-hybridized carbons (Fsp3) is 0.222. The lowest BCUT2D eigenvalue weighted by atomic mass is 10.1. The van der Waals surface area contributed by atoms with Crippen molar-refractivity contribution in [3.8, 4) is 18.1 Å². The topological polar surface area (TPSA) is 21.3 Å². The maximum Gasteiger partial charge on any atom is 0.148 e. The van der Waals surface area contributed by atoms with Crippen LogP contribution >= 0.6 is 15.9 Å². The lowest BCUT2D eigenvalue weighted by Crippen LogP contribution is -2.04. The quantitative estimate of drug-likeness (QED) is 0.771. The molecule has 2 aromatic carbocycles. The highest BCUT2D eigenvalue weighted by Gasteiger charge is 2.05. The molecule has 1 N–H and O–H groups in total. The van der Waals surface area contributed by atoms with Gasteiger partial charge in [-0.25, -0.2) is 0 Å². The first-order valence-electron chi connectivity index (χ1n) is 6.90. The number of aryl methyl sites for hydroxylation is 1. The summed E-state index contributed by atoms with van der Waals surface area (Å²) in [5.41, 5.74) is 3.50. The minimum atomic E-state index is 0.278. The lowest BCUT2D eigenvalue weighted by molar-refractivity contribution is 0.366. The summed E-state index contributed by atoms with van der Waals surface area (Å²) >= 11 is 3.49. The van der Waals surface area contributed by atoms with Gasteiger partial charge in [0.15, 0.2) is 0 Å². The van der Waals surface area contributed by atoms with E-state index in [2.05, 4.69) is 58.4 Å². The molecule has 0 spiro atoms. The Hall–Kier alpha value is -1.92. The summed E-state index contributed by atoms with van der Waals surface area (Å²) in [5, 5.41) is 3.43. The van der Waals surface area contributed by atoms with E-state index in [9.17, 15) is 0 Å². The summed E-state index contributed by atoms with van der Waals surface area (Å²) in [7, 11) is 0. The van der Waals surface area contributed by atoms with Crippen LogP contribution in [0.25, 0.3) is 0 Å². The Bertz CT molecular complexity index is 646. The summed E-state index contributed by atoms with van der Waals surface area (Å²) in [5.74, 6) is 3.31. The monoisotopic (exact) mass is 343 g/mol. The molecular formula is C18H18BrNO. The Kier molecular flexibility index (Phi) is 5.71. The predicted octanol–water partition coefficient (Wildman–Crippen LogP) is 4.64. The molecule has 0 bridgehead atoms. The molecule has 0 unspecified atom stereocenters. The Morgan fingerprint density at radius 3 is 2.86 bits per heavy atom. The van der Waals surface area contributed by atoms with E-state index in [1.54, 1.807) is 0 Å². The second kappa shape index (κ2) is 7.75. The number of hydrogen-bond donors (Lipinski definition) is 1. The van der Waals surface area contributed by atoms with Crippen molar-refractivity contribution < 1.29 is 4.74 Å². The van der Waals surface area contributed by atoms with E-state index in [1.807, 2.05) is 18.2 Å². The molecule has 0 aliphatic heterocycles. The maximum absolute atomic E-state index is 5.58.